The Bertz CT molecular complexity index is 764. The van der Waals surface area contributed by atoms with Gasteiger partial charge in [-0.2, -0.15) is 5.26 Å². The van der Waals surface area contributed by atoms with Gasteiger partial charge in [-0.05, 0) is 43.4 Å². The van der Waals surface area contributed by atoms with Gasteiger partial charge in [0.05, 0.1) is 10.9 Å². The highest BCUT2D eigenvalue weighted by molar-refractivity contribution is 5.78. The number of benzene rings is 1. The second kappa shape index (κ2) is 5.69. The van der Waals surface area contributed by atoms with Crippen LogP contribution >= 0.6 is 0 Å². The monoisotopic (exact) mass is 281 g/mol. The molecule has 1 saturated carbocycles. The average Bonchev–Trinajstić information content (AvgIpc) is 2.50. The highest BCUT2D eigenvalue weighted by atomic mass is 16.1. The maximum absolute atomic E-state index is 12.7. The normalized spacial score (nSPS) is 16.0. The molecule has 0 atom stereocenters. The Labute approximate surface area is 124 Å². The van der Waals surface area contributed by atoms with Crippen molar-refractivity contribution in [1.82, 2.24) is 9.55 Å². The molecule has 1 fully saturated rings. The lowest BCUT2D eigenvalue weighted by molar-refractivity contribution is 0.314. The summed E-state index contributed by atoms with van der Waals surface area (Å²) in [4.78, 5) is 17.0. The summed E-state index contributed by atoms with van der Waals surface area (Å²) in [5, 5.41) is 9.94. The first-order valence-electron chi connectivity index (χ1n) is 7.60. The number of aromatic nitrogens is 2. The Morgan fingerprint density at radius 3 is 2.81 bits per heavy atom. The Balaban J connectivity index is 2.08. The average molecular weight is 281 g/mol. The van der Waals surface area contributed by atoms with Crippen LogP contribution in [0.1, 0.15) is 43.5 Å². The maximum Gasteiger partial charge on any atom is 0.262 e. The van der Waals surface area contributed by atoms with Gasteiger partial charge in [0.25, 0.3) is 5.56 Å². The number of aryl methyl sites for hydroxylation is 1. The van der Waals surface area contributed by atoms with Crippen molar-refractivity contribution in [3.05, 3.63) is 39.9 Å². The van der Waals surface area contributed by atoms with E-state index in [1.54, 1.807) is 4.57 Å². The van der Waals surface area contributed by atoms with E-state index in [-0.39, 0.29) is 11.4 Å². The van der Waals surface area contributed by atoms with Crippen molar-refractivity contribution in [1.29, 1.82) is 5.26 Å². The van der Waals surface area contributed by atoms with Crippen molar-refractivity contribution in [3.63, 3.8) is 0 Å². The number of nitriles is 1. The summed E-state index contributed by atoms with van der Waals surface area (Å²) in [6, 6.07) is 7.69. The van der Waals surface area contributed by atoms with E-state index >= 15 is 0 Å². The molecule has 0 spiro atoms. The van der Waals surface area contributed by atoms with Gasteiger partial charge in [0.15, 0.2) is 0 Å². The summed E-state index contributed by atoms with van der Waals surface area (Å²) < 4.78 is 1.58. The minimum absolute atomic E-state index is 0.0814. The first-order chi connectivity index (χ1) is 10.2. The van der Waals surface area contributed by atoms with E-state index in [9.17, 15) is 10.1 Å². The molecule has 3 rings (SSSR count). The van der Waals surface area contributed by atoms with E-state index in [1.165, 1.54) is 19.3 Å². The van der Waals surface area contributed by atoms with E-state index in [1.807, 2.05) is 25.1 Å². The largest absolute Gasteiger partial charge is 0.283 e. The SMILES string of the molecule is Cc1ccc2c(=O)n(CC3CCCCC3)c(C#N)nc2c1. The zero-order chi connectivity index (χ0) is 14.8. The molecular weight excluding hydrogens is 262 g/mol. The van der Waals surface area contributed by atoms with Crippen LogP contribution in [0.4, 0.5) is 0 Å². The summed E-state index contributed by atoms with van der Waals surface area (Å²) in [6.45, 7) is 2.58. The lowest BCUT2D eigenvalue weighted by Crippen LogP contribution is -2.28. The van der Waals surface area contributed by atoms with Gasteiger partial charge in [-0.3, -0.25) is 9.36 Å². The Morgan fingerprint density at radius 1 is 1.33 bits per heavy atom. The molecule has 1 aromatic carbocycles. The maximum atomic E-state index is 12.7. The quantitative estimate of drug-likeness (QED) is 0.849. The van der Waals surface area contributed by atoms with Gasteiger partial charge in [0, 0.05) is 6.54 Å². The molecule has 0 bridgehead atoms. The van der Waals surface area contributed by atoms with Gasteiger partial charge in [-0.1, -0.05) is 25.3 Å². The smallest absolute Gasteiger partial charge is 0.262 e. The fraction of sp³-hybridized carbons (Fsp3) is 0.471. The molecule has 0 unspecified atom stereocenters. The predicted molar refractivity (Wildman–Crippen MR) is 82.0 cm³/mol. The summed E-state index contributed by atoms with van der Waals surface area (Å²) in [7, 11) is 0. The van der Waals surface area contributed by atoms with Gasteiger partial charge in [0.1, 0.15) is 6.07 Å². The second-order valence-corrected chi connectivity index (χ2v) is 5.99. The zero-order valence-corrected chi connectivity index (χ0v) is 12.3. The summed E-state index contributed by atoms with van der Waals surface area (Å²) in [6.07, 6.45) is 6.02. The van der Waals surface area contributed by atoms with E-state index in [0.717, 1.165) is 18.4 Å². The highest BCUT2D eigenvalue weighted by Gasteiger charge is 2.18. The van der Waals surface area contributed by atoms with Gasteiger partial charge in [0.2, 0.25) is 5.82 Å². The van der Waals surface area contributed by atoms with Crippen molar-refractivity contribution in [2.75, 3.05) is 0 Å². The number of nitrogens with zero attached hydrogens (tertiary/aromatic N) is 3. The fourth-order valence-electron chi connectivity index (χ4n) is 3.21. The second-order valence-electron chi connectivity index (χ2n) is 5.99. The molecule has 0 amide bonds. The molecule has 1 aliphatic rings. The predicted octanol–water partition coefficient (Wildman–Crippen LogP) is 3.16. The summed E-state index contributed by atoms with van der Waals surface area (Å²) in [5.41, 5.74) is 1.59. The fourth-order valence-corrected chi connectivity index (χ4v) is 3.21. The molecule has 0 N–H and O–H groups in total. The van der Waals surface area contributed by atoms with Gasteiger partial charge >= 0.3 is 0 Å². The van der Waals surface area contributed by atoms with E-state index in [0.29, 0.717) is 23.4 Å². The number of fused-ring (bicyclic) bond motifs is 1. The van der Waals surface area contributed by atoms with Gasteiger partial charge in [-0.25, -0.2) is 4.98 Å². The minimum atomic E-state index is -0.0814. The van der Waals surface area contributed by atoms with Crippen LogP contribution in [0.25, 0.3) is 10.9 Å². The van der Waals surface area contributed by atoms with Crippen molar-refractivity contribution >= 4 is 10.9 Å². The molecule has 4 nitrogen and oxygen atoms in total. The molecular formula is C17H19N3O. The van der Waals surface area contributed by atoms with Gasteiger partial charge < -0.3 is 0 Å². The molecule has 108 valence electrons. The van der Waals surface area contributed by atoms with Crippen LogP contribution in [0.15, 0.2) is 23.0 Å². The molecule has 2 aromatic rings. The Hall–Kier alpha value is -2.15. The van der Waals surface area contributed by atoms with Crippen LogP contribution in [-0.4, -0.2) is 9.55 Å². The summed E-state index contributed by atoms with van der Waals surface area (Å²) >= 11 is 0. The number of hydrogen-bond acceptors (Lipinski definition) is 3. The van der Waals surface area contributed by atoms with Crippen LogP contribution in [0.5, 0.6) is 0 Å². The molecule has 4 heteroatoms. The third kappa shape index (κ3) is 2.69. The molecule has 21 heavy (non-hydrogen) atoms. The van der Waals surface area contributed by atoms with Crippen LogP contribution in [0, 0.1) is 24.2 Å². The number of hydrogen-bond donors (Lipinski definition) is 0. The van der Waals surface area contributed by atoms with Crippen LogP contribution < -0.4 is 5.56 Å². The van der Waals surface area contributed by atoms with Gasteiger partial charge in [-0.15, -0.1) is 0 Å². The first-order valence-corrected chi connectivity index (χ1v) is 7.60. The Kier molecular flexibility index (Phi) is 3.74. The van der Waals surface area contributed by atoms with E-state index in [4.69, 9.17) is 0 Å². The van der Waals surface area contributed by atoms with E-state index < -0.39 is 0 Å². The number of rotatable bonds is 2. The van der Waals surface area contributed by atoms with Crippen LogP contribution in [0.3, 0.4) is 0 Å². The molecule has 1 aromatic heterocycles. The first kappa shape index (κ1) is 13.8. The van der Waals surface area contributed by atoms with Crippen LogP contribution in [0.2, 0.25) is 0 Å². The molecule has 0 radical (unpaired) electrons. The topological polar surface area (TPSA) is 58.7 Å². The summed E-state index contributed by atoms with van der Waals surface area (Å²) in [5.74, 6) is 0.733. The van der Waals surface area contributed by atoms with Crippen molar-refractivity contribution in [2.24, 2.45) is 5.92 Å². The Morgan fingerprint density at radius 2 is 2.10 bits per heavy atom. The van der Waals surface area contributed by atoms with E-state index in [2.05, 4.69) is 11.1 Å². The van der Waals surface area contributed by atoms with Crippen molar-refractivity contribution < 1.29 is 0 Å². The molecule has 0 aliphatic heterocycles. The lowest BCUT2D eigenvalue weighted by atomic mass is 9.89. The molecule has 1 aliphatic carbocycles. The van der Waals surface area contributed by atoms with Crippen LogP contribution in [-0.2, 0) is 6.54 Å². The molecule has 0 saturated heterocycles. The standard InChI is InChI=1S/C17H19N3O/c1-12-7-8-14-15(9-12)19-16(10-18)20(17(14)21)11-13-5-3-2-4-6-13/h7-9,13H,2-6,11H2,1H3. The van der Waals surface area contributed by atoms with Crippen molar-refractivity contribution in [2.45, 2.75) is 45.6 Å². The minimum Gasteiger partial charge on any atom is -0.283 e. The molecule has 1 heterocycles. The van der Waals surface area contributed by atoms with Crippen molar-refractivity contribution in [3.8, 4) is 6.07 Å². The zero-order valence-electron chi connectivity index (χ0n) is 12.3. The third-order valence-corrected chi connectivity index (χ3v) is 4.38. The third-order valence-electron chi connectivity index (χ3n) is 4.38. The highest BCUT2D eigenvalue weighted by Crippen LogP contribution is 2.25. The lowest BCUT2D eigenvalue weighted by Gasteiger charge is -2.22.